The second-order valence-corrected chi connectivity index (χ2v) is 4.32. The highest BCUT2D eigenvalue weighted by molar-refractivity contribution is 4.74. The van der Waals surface area contributed by atoms with Crippen LogP contribution in [0.25, 0.3) is 0 Å². The molecule has 1 aromatic rings. The number of aromatic nitrogens is 4. The van der Waals surface area contributed by atoms with Crippen LogP contribution >= 0.6 is 0 Å². The van der Waals surface area contributed by atoms with Crippen molar-refractivity contribution in [2.75, 3.05) is 6.54 Å². The highest BCUT2D eigenvalue weighted by atomic mass is 15.5. The molecule has 1 aromatic heterocycles. The van der Waals surface area contributed by atoms with E-state index in [1.54, 1.807) is 0 Å². The smallest absolute Gasteiger partial charge is 0.188 e. The lowest BCUT2D eigenvalue weighted by Gasteiger charge is -2.17. The fourth-order valence-corrected chi connectivity index (χ4v) is 0.921. The highest BCUT2D eigenvalue weighted by Gasteiger charge is 2.08. The summed E-state index contributed by atoms with van der Waals surface area (Å²) in [6.45, 7) is 8.35. The third-order valence-corrected chi connectivity index (χ3v) is 1.72. The summed E-state index contributed by atoms with van der Waals surface area (Å²) in [5, 5.41) is 16.8. The van der Waals surface area contributed by atoms with Gasteiger partial charge < -0.3 is 5.32 Å². The van der Waals surface area contributed by atoms with Crippen molar-refractivity contribution in [2.45, 2.75) is 33.7 Å². The minimum atomic E-state index is 0.379. The lowest BCUT2D eigenvalue weighted by molar-refractivity contribution is 0.365. The zero-order valence-corrected chi connectivity index (χ0v) is 8.46. The van der Waals surface area contributed by atoms with Crippen LogP contribution in [0.1, 0.15) is 33.0 Å². The van der Waals surface area contributed by atoms with Crippen LogP contribution in [0.5, 0.6) is 0 Å². The van der Waals surface area contributed by atoms with Crippen molar-refractivity contribution in [1.82, 2.24) is 25.9 Å². The first-order chi connectivity index (χ1) is 6.08. The number of nitrogens with one attached hydrogen (secondary N) is 2. The van der Waals surface area contributed by atoms with E-state index in [1.807, 2.05) is 0 Å². The molecule has 0 bridgehead atoms. The quantitative estimate of drug-likeness (QED) is 0.675. The van der Waals surface area contributed by atoms with Gasteiger partial charge in [-0.05, 0) is 18.4 Å². The highest BCUT2D eigenvalue weighted by Crippen LogP contribution is 2.16. The maximum atomic E-state index is 3.84. The van der Waals surface area contributed by atoms with E-state index in [0.717, 1.165) is 13.0 Å². The lowest BCUT2D eigenvalue weighted by Crippen LogP contribution is -2.20. The predicted molar refractivity (Wildman–Crippen MR) is 50.0 cm³/mol. The third kappa shape index (κ3) is 4.57. The van der Waals surface area contributed by atoms with Crippen LogP contribution in [0.15, 0.2) is 0 Å². The molecule has 0 radical (unpaired) electrons. The van der Waals surface area contributed by atoms with E-state index < -0.39 is 0 Å². The van der Waals surface area contributed by atoms with E-state index in [1.165, 1.54) is 0 Å². The van der Waals surface area contributed by atoms with Crippen LogP contribution in [0.2, 0.25) is 0 Å². The molecule has 0 unspecified atom stereocenters. The largest absolute Gasteiger partial charge is 0.310 e. The van der Waals surface area contributed by atoms with Crippen molar-refractivity contribution in [2.24, 2.45) is 5.41 Å². The number of aromatic amines is 1. The summed E-state index contributed by atoms with van der Waals surface area (Å²) in [6.07, 6.45) is 1.14. The summed E-state index contributed by atoms with van der Waals surface area (Å²) < 4.78 is 0. The van der Waals surface area contributed by atoms with Crippen LogP contribution in [-0.4, -0.2) is 27.2 Å². The first-order valence-corrected chi connectivity index (χ1v) is 4.51. The fourth-order valence-electron chi connectivity index (χ4n) is 0.921. The van der Waals surface area contributed by atoms with Gasteiger partial charge in [0.1, 0.15) is 0 Å². The number of tetrazole rings is 1. The normalized spacial score (nSPS) is 11.9. The Morgan fingerprint density at radius 2 is 2.15 bits per heavy atom. The van der Waals surface area contributed by atoms with Crippen molar-refractivity contribution in [3.8, 4) is 0 Å². The van der Waals surface area contributed by atoms with E-state index in [9.17, 15) is 0 Å². The zero-order chi connectivity index (χ0) is 9.73. The molecule has 0 spiro atoms. The van der Waals surface area contributed by atoms with Crippen molar-refractivity contribution in [3.63, 3.8) is 0 Å². The monoisotopic (exact) mass is 183 g/mol. The molecule has 5 nitrogen and oxygen atoms in total. The van der Waals surface area contributed by atoms with Gasteiger partial charge in [-0.15, -0.1) is 10.2 Å². The first-order valence-electron chi connectivity index (χ1n) is 4.51. The van der Waals surface area contributed by atoms with Crippen LogP contribution in [0.3, 0.4) is 0 Å². The molecule has 0 aliphatic rings. The molecule has 0 aliphatic heterocycles. The Hall–Kier alpha value is -0.970. The van der Waals surface area contributed by atoms with E-state index in [2.05, 4.69) is 46.7 Å². The van der Waals surface area contributed by atoms with Gasteiger partial charge in [0.15, 0.2) is 5.82 Å². The van der Waals surface area contributed by atoms with Gasteiger partial charge in [-0.3, -0.25) is 0 Å². The maximum Gasteiger partial charge on any atom is 0.188 e. The molecule has 0 saturated heterocycles. The average Bonchev–Trinajstić information content (AvgIpc) is 2.48. The van der Waals surface area contributed by atoms with Crippen molar-refractivity contribution in [3.05, 3.63) is 5.82 Å². The van der Waals surface area contributed by atoms with Crippen LogP contribution < -0.4 is 5.32 Å². The standard InChI is InChI=1S/C8H17N5/c1-8(2,3)4-5-9-6-7-10-12-13-11-7/h9H,4-6H2,1-3H3,(H,10,11,12,13). The van der Waals surface area contributed by atoms with Gasteiger partial charge in [-0.25, -0.2) is 0 Å². The molecule has 0 aromatic carbocycles. The Kier molecular flexibility index (Phi) is 3.36. The van der Waals surface area contributed by atoms with Crippen molar-refractivity contribution < 1.29 is 0 Å². The molecular weight excluding hydrogens is 166 g/mol. The summed E-state index contributed by atoms with van der Waals surface area (Å²) in [5.41, 5.74) is 0.379. The van der Waals surface area contributed by atoms with Crippen LogP contribution in [-0.2, 0) is 6.54 Å². The van der Waals surface area contributed by atoms with Crippen molar-refractivity contribution >= 4 is 0 Å². The first kappa shape index (κ1) is 10.1. The van der Waals surface area contributed by atoms with Crippen LogP contribution in [0.4, 0.5) is 0 Å². The van der Waals surface area contributed by atoms with Crippen molar-refractivity contribution in [1.29, 1.82) is 0 Å². The topological polar surface area (TPSA) is 66.5 Å². The summed E-state index contributed by atoms with van der Waals surface area (Å²) in [5.74, 6) is 0.717. The molecule has 1 heterocycles. The summed E-state index contributed by atoms with van der Waals surface area (Å²) >= 11 is 0. The number of hydrogen-bond donors (Lipinski definition) is 2. The maximum absolute atomic E-state index is 3.84. The average molecular weight is 183 g/mol. The molecule has 13 heavy (non-hydrogen) atoms. The van der Waals surface area contributed by atoms with E-state index in [4.69, 9.17) is 0 Å². The molecule has 0 aliphatic carbocycles. The van der Waals surface area contributed by atoms with Gasteiger partial charge >= 0.3 is 0 Å². The van der Waals surface area contributed by atoms with Crippen LogP contribution in [0, 0.1) is 5.41 Å². The van der Waals surface area contributed by atoms with Gasteiger partial charge in [0.05, 0.1) is 6.54 Å². The Morgan fingerprint density at radius 3 is 2.69 bits per heavy atom. The summed E-state index contributed by atoms with van der Waals surface area (Å²) in [7, 11) is 0. The number of hydrogen-bond acceptors (Lipinski definition) is 4. The number of rotatable bonds is 4. The van der Waals surface area contributed by atoms with Gasteiger partial charge in [0.2, 0.25) is 0 Å². The number of nitrogens with zero attached hydrogens (tertiary/aromatic N) is 3. The molecule has 0 fully saturated rings. The Balaban J connectivity index is 2.09. The SMILES string of the molecule is CC(C)(C)CCNCc1nn[nH]n1. The number of H-pyrrole nitrogens is 1. The molecule has 2 N–H and O–H groups in total. The Bertz CT molecular complexity index is 223. The van der Waals surface area contributed by atoms with Gasteiger partial charge in [0, 0.05) is 0 Å². The lowest BCUT2D eigenvalue weighted by atomic mass is 9.92. The molecule has 0 saturated carbocycles. The van der Waals surface area contributed by atoms with Gasteiger partial charge in [-0.2, -0.15) is 5.21 Å². The van der Waals surface area contributed by atoms with Gasteiger partial charge in [-0.1, -0.05) is 26.0 Å². The van der Waals surface area contributed by atoms with E-state index in [-0.39, 0.29) is 0 Å². The molecular formula is C8H17N5. The van der Waals surface area contributed by atoms with Gasteiger partial charge in [0.25, 0.3) is 0 Å². The minimum Gasteiger partial charge on any atom is -0.310 e. The zero-order valence-electron chi connectivity index (χ0n) is 8.46. The predicted octanol–water partition coefficient (Wildman–Crippen LogP) is 0.725. The van der Waals surface area contributed by atoms with E-state index >= 15 is 0 Å². The fraction of sp³-hybridized carbons (Fsp3) is 0.875. The minimum absolute atomic E-state index is 0.379. The second kappa shape index (κ2) is 4.32. The summed E-state index contributed by atoms with van der Waals surface area (Å²) in [4.78, 5) is 0. The molecule has 0 amide bonds. The Labute approximate surface area is 78.3 Å². The molecule has 1 rings (SSSR count). The molecule has 5 heteroatoms. The summed E-state index contributed by atoms with van der Waals surface area (Å²) in [6, 6.07) is 0. The van der Waals surface area contributed by atoms with E-state index in [0.29, 0.717) is 17.8 Å². The Morgan fingerprint density at radius 1 is 1.38 bits per heavy atom. The molecule has 74 valence electrons. The molecule has 0 atom stereocenters. The second-order valence-electron chi connectivity index (χ2n) is 4.32. The third-order valence-electron chi connectivity index (χ3n) is 1.72.